The molecule has 37 atom stereocenters. The van der Waals surface area contributed by atoms with Crippen LogP contribution in [0.4, 0.5) is 0 Å². The van der Waals surface area contributed by atoms with Gasteiger partial charge in [-0.1, -0.05) is 27.7 Å². The zero-order valence-electron chi connectivity index (χ0n) is 57.9. The first kappa shape index (κ1) is 76.6. The van der Waals surface area contributed by atoms with Gasteiger partial charge in [-0.25, -0.2) is 0 Å². The average molecular weight is 1380 g/mol. The van der Waals surface area contributed by atoms with Crippen molar-refractivity contribution in [2.45, 2.75) is 342 Å². The van der Waals surface area contributed by atoms with Crippen molar-refractivity contribution in [1.82, 2.24) is 0 Å². The minimum absolute atomic E-state index is 0.0258. The number of fused-ring (bicyclic) bond motifs is 5. The summed E-state index contributed by atoms with van der Waals surface area (Å²) in [5.74, 6) is -1.27. The van der Waals surface area contributed by atoms with Crippen LogP contribution in [-0.4, -0.2) is 287 Å². The predicted octanol–water partition coefficient (Wildman–Crippen LogP) is 0.890. The molecule has 0 bridgehead atoms. The Morgan fingerprint density at radius 2 is 1.02 bits per heavy atom. The number of carbonyl (C=O) groups excluding carboxylic acids is 2. The van der Waals surface area contributed by atoms with Crippen molar-refractivity contribution < 1.29 is 141 Å². The normalized spacial score (nSPS) is 51.3. The van der Waals surface area contributed by atoms with Crippen molar-refractivity contribution in [3.05, 3.63) is 0 Å². The summed E-state index contributed by atoms with van der Waals surface area (Å²) in [6.45, 7) is 16.6. The topological polar surface area (TPSA) is 393 Å². The van der Waals surface area contributed by atoms with E-state index in [0.29, 0.717) is 25.7 Å². The first-order chi connectivity index (χ1) is 45.4. The number of carbonyl (C=O) groups is 2. The van der Waals surface area contributed by atoms with E-state index in [1.54, 1.807) is 35.0 Å². The number of ether oxygens (including phenoxy) is 17. The fraction of sp³-hybridized carbons (Fsp3) is 0.970. The van der Waals surface area contributed by atoms with Crippen LogP contribution in [0.25, 0.3) is 0 Å². The molecule has 554 valence electrons. The van der Waals surface area contributed by atoms with Gasteiger partial charge in [0.1, 0.15) is 91.1 Å². The van der Waals surface area contributed by atoms with Gasteiger partial charge < -0.3 is 132 Å². The zero-order valence-corrected chi connectivity index (χ0v) is 57.9. The number of hydrogen-bond donors (Lipinski definition) is 10. The molecule has 0 radical (unpaired) electrons. The van der Waals surface area contributed by atoms with E-state index in [9.17, 15) is 60.7 Å². The third-order valence-electron chi connectivity index (χ3n) is 24.3. The molecule has 10 aliphatic rings. The lowest BCUT2D eigenvalue weighted by Gasteiger charge is -2.66. The van der Waals surface area contributed by atoms with Crippen LogP contribution < -0.4 is 0 Å². The lowest BCUT2D eigenvalue weighted by Crippen LogP contribution is -2.72. The molecule has 29 heteroatoms. The van der Waals surface area contributed by atoms with Crippen LogP contribution in [0.5, 0.6) is 0 Å². The van der Waals surface area contributed by atoms with Gasteiger partial charge in [0.2, 0.25) is 0 Å². The smallest absolute Gasteiger partial charge is 0.309 e. The molecule has 0 spiro atoms. The maximum absolute atomic E-state index is 13.1. The SMILES string of the molecule is CC[C@@H](C)C(=O)O[C@@H](C)[C@]1(O)CC[C@]2(O)[C@@H]3CC[C@H]4C[C@@H](O[C@H]5C[C@H](O)[C@H](O[C@H]6C[C@H](OC)[C@H](O[C@H]7C[C@@H](OC)[C@H](O[C@H]8C[C@@H](OC)[C@H](O[C@@H]9O[C@H](CO)[C@@H](O[C@@H]%10O[C@H](CO)[C@@H](O)[C@H](O)[C@H]%10O)[C@H](O)[C@H]9O)[C@@H](C)O8)[C@@H](C)O7)[C@@H](C)O6)[C@@H](C)O5)CC[C@]4(C)[C@H]3C[C@@H](OC(C)=O)[C@]12C. The van der Waals surface area contributed by atoms with Gasteiger partial charge in [0.05, 0.1) is 85.1 Å². The number of esters is 2. The van der Waals surface area contributed by atoms with E-state index in [-0.39, 0.29) is 73.7 Å². The van der Waals surface area contributed by atoms with Crippen LogP contribution in [0, 0.1) is 34.5 Å². The van der Waals surface area contributed by atoms with E-state index >= 15 is 0 Å². The number of aliphatic hydroxyl groups is 10. The molecule has 0 aromatic heterocycles. The summed E-state index contributed by atoms with van der Waals surface area (Å²) in [5.41, 5.74) is -4.59. The Morgan fingerprint density at radius 1 is 0.531 bits per heavy atom. The van der Waals surface area contributed by atoms with Gasteiger partial charge in [0.25, 0.3) is 0 Å². The Labute approximate surface area is 562 Å². The first-order valence-electron chi connectivity index (χ1n) is 35.0. The molecule has 6 aliphatic heterocycles. The molecule has 6 heterocycles. The second kappa shape index (κ2) is 31.1. The molecule has 29 nitrogen and oxygen atoms in total. The highest BCUT2D eigenvalue weighted by Gasteiger charge is 2.77. The van der Waals surface area contributed by atoms with Crippen LogP contribution in [0.3, 0.4) is 0 Å². The largest absolute Gasteiger partial charge is 0.462 e. The first-order valence-corrected chi connectivity index (χ1v) is 35.0. The lowest BCUT2D eigenvalue weighted by atomic mass is 9.42. The minimum atomic E-state index is -1.82. The number of hydrogen-bond acceptors (Lipinski definition) is 29. The van der Waals surface area contributed by atoms with Crippen molar-refractivity contribution in [3.8, 4) is 0 Å². The standard InChI is InChI=1S/C67H112O29/c1-14-29(2)61(77)87-34(7)66(78)19-20-67(79)38-16-15-36-21-37(17-18-64(36,9)39(38)22-46(65(66,67)10)88-35(8)70)89-47-23-40(71)56(30(3)83-47)92-48-24-41(80-11)57(31(4)84-48)93-49-25-42(81-12)58(32(5)85-49)94-50-26-43(82-13)59(33(6)86-50)95-63-55(76)53(74)60(45(28-69)91-63)96-62-54(75)52(73)51(72)44(27-68)90-62/h29-34,36-60,62-63,68-69,71-76,78-79H,14-28H2,1-13H3/t29-,30-,31-,32-,33-,34+,36+,37+,38-,39+,40+,41+,42-,43-,44-,45-,46-,47+,48+,49+,50+,51-,52+,53-,54-,55-,56-,57-,58-,59-,60-,62+,63+,64+,65-,66-,67+/m1/s1. The molecule has 0 aromatic carbocycles. The second-order valence-electron chi connectivity index (χ2n) is 29.6. The summed E-state index contributed by atoms with van der Waals surface area (Å²) in [6, 6.07) is 0. The number of rotatable bonds is 22. The van der Waals surface area contributed by atoms with Gasteiger partial charge in [-0.3, -0.25) is 9.59 Å². The molecule has 0 unspecified atom stereocenters. The molecule has 10 fully saturated rings. The van der Waals surface area contributed by atoms with Crippen LogP contribution in [0.1, 0.15) is 153 Å². The fourth-order valence-electron chi connectivity index (χ4n) is 18.3. The lowest BCUT2D eigenvalue weighted by molar-refractivity contribution is -0.376. The third kappa shape index (κ3) is 14.6. The number of methoxy groups -OCH3 is 3. The van der Waals surface area contributed by atoms with Crippen molar-refractivity contribution in [2.24, 2.45) is 34.5 Å². The Hall–Kier alpha value is -2.06. The van der Waals surface area contributed by atoms with Crippen molar-refractivity contribution in [1.29, 1.82) is 0 Å². The van der Waals surface area contributed by atoms with Crippen LogP contribution in [-0.2, 0) is 90.1 Å². The maximum Gasteiger partial charge on any atom is 0.309 e. The molecular formula is C67H112O29. The monoisotopic (exact) mass is 1380 g/mol. The zero-order chi connectivity index (χ0) is 69.8. The molecule has 96 heavy (non-hydrogen) atoms. The van der Waals surface area contributed by atoms with Gasteiger partial charge in [0, 0.05) is 53.9 Å². The van der Waals surface area contributed by atoms with E-state index in [0.717, 1.165) is 19.3 Å². The highest BCUT2D eigenvalue weighted by atomic mass is 16.8. The van der Waals surface area contributed by atoms with E-state index in [2.05, 4.69) is 6.92 Å². The van der Waals surface area contributed by atoms with E-state index in [1.807, 2.05) is 34.6 Å². The summed E-state index contributed by atoms with van der Waals surface area (Å²) in [6.07, 6.45) is -23.4. The van der Waals surface area contributed by atoms with E-state index in [4.69, 9.17) is 80.5 Å². The fourth-order valence-corrected chi connectivity index (χ4v) is 18.3. The summed E-state index contributed by atoms with van der Waals surface area (Å²) in [4.78, 5) is 25.9. The predicted molar refractivity (Wildman–Crippen MR) is 329 cm³/mol. The van der Waals surface area contributed by atoms with Gasteiger partial charge in [-0.15, -0.1) is 0 Å². The molecule has 10 N–H and O–H groups in total. The average Bonchev–Trinajstić information content (AvgIpc) is 1.47. The highest BCUT2D eigenvalue weighted by molar-refractivity contribution is 5.72. The maximum atomic E-state index is 13.1. The summed E-state index contributed by atoms with van der Waals surface area (Å²) < 4.78 is 105. The molecule has 4 aliphatic carbocycles. The van der Waals surface area contributed by atoms with Crippen molar-refractivity contribution in [2.75, 3.05) is 34.5 Å². The highest BCUT2D eigenvalue weighted by Crippen LogP contribution is 2.71. The Morgan fingerprint density at radius 3 is 1.53 bits per heavy atom. The van der Waals surface area contributed by atoms with Crippen molar-refractivity contribution in [3.63, 3.8) is 0 Å². The summed E-state index contributed by atoms with van der Waals surface area (Å²) >= 11 is 0. The number of aliphatic hydroxyl groups excluding tert-OH is 8. The molecule has 10 rings (SSSR count). The third-order valence-corrected chi connectivity index (χ3v) is 24.3. The molecule has 0 aromatic rings. The van der Waals surface area contributed by atoms with E-state index < -0.39 is 214 Å². The van der Waals surface area contributed by atoms with Gasteiger partial charge in [0.15, 0.2) is 37.7 Å². The quantitative estimate of drug-likeness (QED) is 0.0531. The van der Waals surface area contributed by atoms with Gasteiger partial charge >= 0.3 is 11.9 Å². The Bertz CT molecular complexity index is 2530. The van der Waals surface area contributed by atoms with Crippen LogP contribution >= 0.6 is 0 Å². The Balaban J connectivity index is 0.683. The van der Waals surface area contributed by atoms with Crippen LogP contribution in [0.15, 0.2) is 0 Å². The molecule has 0 amide bonds. The minimum Gasteiger partial charge on any atom is -0.462 e. The molecular weight excluding hydrogens is 1270 g/mol. The van der Waals surface area contributed by atoms with Crippen LogP contribution in [0.2, 0.25) is 0 Å². The van der Waals surface area contributed by atoms with E-state index in [1.165, 1.54) is 14.0 Å². The summed E-state index contributed by atoms with van der Waals surface area (Å²) in [7, 11) is 4.61. The van der Waals surface area contributed by atoms with Crippen molar-refractivity contribution >= 4 is 11.9 Å². The van der Waals surface area contributed by atoms with Gasteiger partial charge in [-0.2, -0.15) is 0 Å². The Kier molecular flexibility index (Phi) is 24.8. The molecule has 6 saturated heterocycles. The van der Waals surface area contributed by atoms with Gasteiger partial charge in [-0.05, 0) is 116 Å². The second-order valence-corrected chi connectivity index (χ2v) is 29.6. The molecule has 4 saturated carbocycles. The summed E-state index contributed by atoms with van der Waals surface area (Å²) in [5, 5.41) is 111.